The highest BCUT2D eigenvalue weighted by atomic mass is 16.2. The molecule has 7 heteroatoms. The lowest BCUT2D eigenvalue weighted by Gasteiger charge is -2.34. The summed E-state index contributed by atoms with van der Waals surface area (Å²) in [5.41, 5.74) is -0.195. The first-order valence-corrected chi connectivity index (χ1v) is 8.68. The van der Waals surface area contributed by atoms with Gasteiger partial charge >= 0.3 is 6.03 Å². The van der Waals surface area contributed by atoms with E-state index in [0.29, 0.717) is 19.0 Å². The molecule has 0 aromatic carbocycles. The molecule has 1 atom stereocenters. The Balaban J connectivity index is 1.49. The second kappa shape index (κ2) is 6.45. The van der Waals surface area contributed by atoms with E-state index in [1.165, 1.54) is 0 Å². The Hall–Kier alpha value is -2.05. The zero-order valence-corrected chi connectivity index (χ0v) is 14.7. The molecule has 0 unspecified atom stereocenters. The first-order valence-electron chi connectivity index (χ1n) is 8.68. The third kappa shape index (κ3) is 3.55. The van der Waals surface area contributed by atoms with E-state index < -0.39 is 0 Å². The lowest BCUT2D eigenvalue weighted by atomic mass is 10.1. The summed E-state index contributed by atoms with van der Waals surface area (Å²) < 4.78 is 2.12. The average Bonchev–Trinajstić information content (AvgIpc) is 3.16. The molecule has 2 aliphatic rings. The predicted octanol–water partition coefficient (Wildman–Crippen LogP) is 1.63. The summed E-state index contributed by atoms with van der Waals surface area (Å²) >= 11 is 0. The largest absolute Gasteiger partial charge is 0.336 e. The predicted molar refractivity (Wildman–Crippen MR) is 90.5 cm³/mol. The van der Waals surface area contributed by atoms with Crippen molar-refractivity contribution in [1.82, 2.24) is 24.7 Å². The Morgan fingerprint density at radius 1 is 1.29 bits per heavy atom. The van der Waals surface area contributed by atoms with Crippen LogP contribution in [0, 0.1) is 0 Å². The summed E-state index contributed by atoms with van der Waals surface area (Å²) in [5.74, 6) is 0.117. The number of nitrogens with zero attached hydrogens (tertiary/aromatic N) is 4. The van der Waals surface area contributed by atoms with Gasteiger partial charge in [-0.25, -0.2) is 9.78 Å². The fraction of sp³-hybridized carbons (Fsp3) is 0.706. The van der Waals surface area contributed by atoms with Crippen molar-refractivity contribution in [3.05, 3.63) is 18.7 Å². The Morgan fingerprint density at radius 3 is 2.54 bits per heavy atom. The first kappa shape index (κ1) is 16.8. The minimum atomic E-state index is -0.195. The molecule has 0 spiro atoms. The molecule has 7 nitrogen and oxygen atoms in total. The number of hydrogen-bond acceptors (Lipinski definition) is 3. The molecule has 1 aromatic heterocycles. The zero-order valence-electron chi connectivity index (χ0n) is 14.7. The lowest BCUT2D eigenvalue weighted by Crippen LogP contribution is -2.49. The molecule has 3 rings (SSSR count). The average molecular weight is 333 g/mol. The van der Waals surface area contributed by atoms with Gasteiger partial charge in [0, 0.05) is 50.0 Å². The summed E-state index contributed by atoms with van der Waals surface area (Å²) in [6.07, 6.45) is 7.87. The van der Waals surface area contributed by atoms with Crippen LogP contribution in [0.15, 0.2) is 18.7 Å². The fourth-order valence-corrected chi connectivity index (χ4v) is 3.57. The van der Waals surface area contributed by atoms with E-state index in [9.17, 15) is 9.59 Å². The van der Waals surface area contributed by atoms with Gasteiger partial charge in [-0.15, -0.1) is 0 Å². The standard InChI is InChI=1S/C17H27N5O2/c1-17(2,3)22-11-13(10-15(22)23)19-16(24)20-7-4-14(5-8-20)21-9-6-18-12-21/h6,9,12-14H,4-5,7-8,10-11H2,1-3H3,(H,19,24)/t13-/m1/s1. The summed E-state index contributed by atoms with van der Waals surface area (Å²) in [7, 11) is 0. The van der Waals surface area contributed by atoms with Gasteiger partial charge in [0.05, 0.1) is 12.4 Å². The van der Waals surface area contributed by atoms with Gasteiger partial charge in [-0.3, -0.25) is 4.79 Å². The third-order valence-electron chi connectivity index (χ3n) is 4.96. The Kier molecular flexibility index (Phi) is 4.51. The van der Waals surface area contributed by atoms with E-state index in [2.05, 4.69) is 14.9 Å². The van der Waals surface area contributed by atoms with E-state index in [4.69, 9.17) is 0 Å². The van der Waals surface area contributed by atoms with Crippen LogP contribution in [0.5, 0.6) is 0 Å². The second-order valence-corrected chi connectivity index (χ2v) is 7.75. The number of hydrogen-bond donors (Lipinski definition) is 1. The Bertz CT molecular complexity index is 585. The summed E-state index contributed by atoms with van der Waals surface area (Å²) in [6.45, 7) is 8.14. The smallest absolute Gasteiger partial charge is 0.317 e. The van der Waals surface area contributed by atoms with Crippen LogP contribution in [0.3, 0.4) is 0 Å². The quantitative estimate of drug-likeness (QED) is 0.894. The molecule has 3 heterocycles. The molecule has 0 bridgehead atoms. The molecule has 3 amide bonds. The highest BCUT2D eigenvalue weighted by molar-refractivity contribution is 5.82. The molecule has 24 heavy (non-hydrogen) atoms. The van der Waals surface area contributed by atoms with Crippen molar-refractivity contribution in [2.75, 3.05) is 19.6 Å². The van der Waals surface area contributed by atoms with E-state index in [0.717, 1.165) is 25.9 Å². The third-order valence-corrected chi connectivity index (χ3v) is 4.96. The summed E-state index contributed by atoms with van der Waals surface area (Å²) in [6, 6.07) is 0.282. The van der Waals surface area contributed by atoms with Crippen molar-refractivity contribution in [2.45, 2.75) is 57.7 Å². The van der Waals surface area contributed by atoms with Crippen LogP contribution in [0.25, 0.3) is 0 Å². The number of amides is 3. The maximum atomic E-state index is 12.5. The zero-order chi connectivity index (χ0) is 17.3. The molecule has 0 radical (unpaired) electrons. The number of likely N-dealkylation sites (tertiary alicyclic amines) is 2. The number of aromatic nitrogens is 2. The van der Waals surface area contributed by atoms with Crippen LogP contribution in [0.1, 0.15) is 46.1 Å². The Labute approximate surface area is 143 Å². The molecule has 2 saturated heterocycles. The van der Waals surface area contributed by atoms with Crippen LogP contribution >= 0.6 is 0 Å². The van der Waals surface area contributed by atoms with Crippen LogP contribution in [-0.4, -0.2) is 62.5 Å². The highest BCUT2D eigenvalue weighted by Gasteiger charge is 2.37. The molecular formula is C17H27N5O2. The van der Waals surface area contributed by atoms with Crippen molar-refractivity contribution in [3.63, 3.8) is 0 Å². The van der Waals surface area contributed by atoms with Crippen molar-refractivity contribution in [2.24, 2.45) is 0 Å². The van der Waals surface area contributed by atoms with E-state index in [1.807, 2.05) is 43.1 Å². The summed E-state index contributed by atoms with van der Waals surface area (Å²) in [5, 5.41) is 3.04. The van der Waals surface area contributed by atoms with E-state index >= 15 is 0 Å². The van der Waals surface area contributed by atoms with Crippen molar-refractivity contribution in [3.8, 4) is 0 Å². The molecule has 1 aromatic rings. The topological polar surface area (TPSA) is 70.5 Å². The Morgan fingerprint density at radius 2 is 2.00 bits per heavy atom. The molecule has 0 aliphatic carbocycles. The van der Waals surface area contributed by atoms with Gasteiger partial charge in [-0.2, -0.15) is 0 Å². The van der Waals surface area contributed by atoms with Gasteiger partial charge in [-0.05, 0) is 33.6 Å². The number of nitrogens with one attached hydrogen (secondary N) is 1. The van der Waals surface area contributed by atoms with Crippen LogP contribution in [0.4, 0.5) is 4.79 Å². The molecule has 132 valence electrons. The number of carbonyl (C=O) groups is 2. The molecule has 1 N–H and O–H groups in total. The number of piperidine rings is 1. The van der Waals surface area contributed by atoms with Crippen molar-refractivity contribution in [1.29, 1.82) is 0 Å². The summed E-state index contributed by atoms with van der Waals surface area (Å²) in [4.78, 5) is 32.4. The monoisotopic (exact) mass is 333 g/mol. The van der Waals surface area contributed by atoms with Crippen LogP contribution in [-0.2, 0) is 4.79 Å². The second-order valence-electron chi connectivity index (χ2n) is 7.75. The SMILES string of the molecule is CC(C)(C)N1C[C@H](NC(=O)N2CCC(n3ccnc3)CC2)CC1=O. The minimum Gasteiger partial charge on any atom is -0.336 e. The van der Waals surface area contributed by atoms with Gasteiger partial charge in [0.2, 0.25) is 5.91 Å². The van der Waals surface area contributed by atoms with Gasteiger partial charge in [0.1, 0.15) is 0 Å². The fourth-order valence-electron chi connectivity index (χ4n) is 3.57. The van der Waals surface area contributed by atoms with Crippen molar-refractivity contribution < 1.29 is 9.59 Å². The maximum Gasteiger partial charge on any atom is 0.317 e. The molecule has 0 saturated carbocycles. The van der Waals surface area contributed by atoms with E-state index in [1.54, 1.807) is 6.20 Å². The normalized spacial score (nSPS) is 23.0. The lowest BCUT2D eigenvalue weighted by molar-refractivity contribution is -0.131. The van der Waals surface area contributed by atoms with Gasteiger partial charge in [0.25, 0.3) is 0 Å². The minimum absolute atomic E-state index is 0.0485. The van der Waals surface area contributed by atoms with Gasteiger partial charge < -0.3 is 19.7 Å². The van der Waals surface area contributed by atoms with Gasteiger partial charge in [-0.1, -0.05) is 0 Å². The maximum absolute atomic E-state index is 12.5. The number of imidazole rings is 1. The van der Waals surface area contributed by atoms with Gasteiger partial charge in [0.15, 0.2) is 0 Å². The molecular weight excluding hydrogens is 306 g/mol. The van der Waals surface area contributed by atoms with Crippen LogP contribution < -0.4 is 5.32 Å². The first-order chi connectivity index (χ1) is 11.3. The number of urea groups is 1. The number of carbonyl (C=O) groups excluding carboxylic acids is 2. The van der Waals surface area contributed by atoms with Crippen molar-refractivity contribution >= 4 is 11.9 Å². The highest BCUT2D eigenvalue weighted by Crippen LogP contribution is 2.24. The molecule has 2 aliphatic heterocycles. The number of rotatable bonds is 2. The molecule has 2 fully saturated rings. The van der Waals surface area contributed by atoms with Crippen LogP contribution in [0.2, 0.25) is 0 Å². The van der Waals surface area contributed by atoms with E-state index in [-0.39, 0.29) is 23.5 Å².